The van der Waals surface area contributed by atoms with E-state index in [1.807, 2.05) is 12.1 Å². The van der Waals surface area contributed by atoms with Crippen molar-refractivity contribution in [2.75, 3.05) is 0 Å². The molecule has 1 aromatic rings. The highest BCUT2D eigenvalue weighted by Crippen LogP contribution is 2.23. The zero-order valence-electron chi connectivity index (χ0n) is 7.13. The van der Waals surface area contributed by atoms with Gasteiger partial charge in [0.25, 0.3) is 0 Å². The zero-order chi connectivity index (χ0) is 9.26. The largest absolute Gasteiger partial charge is 0.315 e. The maximum atomic E-state index is 5.72. The Labute approximate surface area is 85.8 Å². The predicted octanol–water partition coefficient (Wildman–Crippen LogP) is 1.27. The van der Waals surface area contributed by atoms with Gasteiger partial charge in [0, 0.05) is 10.5 Å². The van der Waals surface area contributed by atoms with Gasteiger partial charge in [-0.2, -0.15) is 0 Å². The molecule has 0 radical (unpaired) electrons. The van der Waals surface area contributed by atoms with E-state index in [0.717, 1.165) is 10.9 Å². The van der Waals surface area contributed by atoms with Crippen molar-refractivity contribution < 1.29 is 0 Å². The summed E-state index contributed by atoms with van der Waals surface area (Å²) in [6.07, 6.45) is 0.986. The van der Waals surface area contributed by atoms with Crippen LogP contribution in [-0.2, 0) is 0 Å². The summed E-state index contributed by atoms with van der Waals surface area (Å²) >= 11 is 3.44. The standard InChI is InChI=1S/C9H12BrN3/c10-7-3-1-2-6(4-7)8-5-9(11)13-12-8/h1-4,8-9,12-13H,5,11H2. The van der Waals surface area contributed by atoms with Gasteiger partial charge in [-0.05, 0) is 24.1 Å². The van der Waals surface area contributed by atoms with Crippen molar-refractivity contribution in [2.24, 2.45) is 5.73 Å². The third-order valence-electron chi connectivity index (χ3n) is 2.18. The first-order valence-electron chi connectivity index (χ1n) is 4.28. The normalized spacial score (nSPS) is 27.8. The van der Waals surface area contributed by atoms with Crippen LogP contribution in [0.15, 0.2) is 28.7 Å². The fourth-order valence-corrected chi connectivity index (χ4v) is 1.94. The molecule has 0 amide bonds. The van der Waals surface area contributed by atoms with Gasteiger partial charge in [0.05, 0.1) is 6.17 Å². The maximum Gasteiger partial charge on any atom is 0.0698 e. The smallest absolute Gasteiger partial charge is 0.0698 e. The minimum atomic E-state index is 0.0592. The minimum absolute atomic E-state index is 0.0592. The number of hydrazine groups is 1. The van der Waals surface area contributed by atoms with Crippen molar-refractivity contribution in [3.05, 3.63) is 34.3 Å². The van der Waals surface area contributed by atoms with E-state index in [1.165, 1.54) is 5.56 Å². The average Bonchev–Trinajstić information content (AvgIpc) is 2.52. The van der Waals surface area contributed by atoms with Crippen LogP contribution in [0.3, 0.4) is 0 Å². The Morgan fingerprint density at radius 1 is 1.38 bits per heavy atom. The molecule has 4 heteroatoms. The molecule has 2 unspecified atom stereocenters. The van der Waals surface area contributed by atoms with E-state index in [0.29, 0.717) is 6.04 Å². The first-order chi connectivity index (χ1) is 6.25. The summed E-state index contributed by atoms with van der Waals surface area (Å²) in [6, 6.07) is 8.59. The zero-order valence-corrected chi connectivity index (χ0v) is 8.71. The molecular formula is C9H12BrN3. The third-order valence-corrected chi connectivity index (χ3v) is 2.68. The molecular weight excluding hydrogens is 230 g/mol. The van der Waals surface area contributed by atoms with E-state index in [1.54, 1.807) is 0 Å². The molecule has 70 valence electrons. The molecule has 2 atom stereocenters. The summed E-state index contributed by atoms with van der Waals surface area (Å²) in [4.78, 5) is 0. The van der Waals surface area contributed by atoms with Crippen molar-refractivity contribution >= 4 is 15.9 Å². The summed E-state index contributed by atoms with van der Waals surface area (Å²) in [5, 5.41) is 0. The van der Waals surface area contributed by atoms with Gasteiger partial charge in [-0.15, -0.1) is 0 Å². The lowest BCUT2D eigenvalue weighted by Crippen LogP contribution is -2.36. The summed E-state index contributed by atoms with van der Waals surface area (Å²) in [7, 11) is 0. The van der Waals surface area contributed by atoms with Gasteiger partial charge >= 0.3 is 0 Å². The lowest BCUT2D eigenvalue weighted by atomic mass is 10.1. The molecule has 4 N–H and O–H groups in total. The SMILES string of the molecule is NC1CC(c2cccc(Br)c2)NN1. The molecule has 1 aromatic carbocycles. The van der Waals surface area contributed by atoms with Gasteiger partial charge in [0.1, 0.15) is 0 Å². The highest BCUT2D eigenvalue weighted by atomic mass is 79.9. The molecule has 0 bridgehead atoms. The molecule has 2 rings (SSSR count). The molecule has 1 aliphatic rings. The van der Waals surface area contributed by atoms with E-state index in [4.69, 9.17) is 5.73 Å². The molecule has 0 spiro atoms. The summed E-state index contributed by atoms with van der Waals surface area (Å²) < 4.78 is 1.10. The Morgan fingerprint density at radius 3 is 2.85 bits per heavy atom. The number of hydrogen-bond donors (Lipinski definition) is 3. The summed E-state index contributed by atoms with van der Waals surface area (Å²) in [5.74, 6) is 0. The summed E-state index contributed by atoms with van der Waals surface area (Å²) in [5.41, 5.74) is 13.1. The predicted molar refractivity (Wildman–Crippen MR) is 55.7 cm³/mol. The maximum absolute atomic E-state index is 5.72. The number of rotatable bonds is 1. The van der Waals surface area contributed by atoms with Crippen molar-refractivity contribution in [2.45, 2.75) is 18.6 Å². The van der Waals surface area contributed by atoms with E-state index < -0.39 is 0 Å². The highest BCUT2D eigenvalue weighted by Gasteiger charge is 2.21. The van der Waals surface area contributed by atoms with Gasteiger partial charge in [0.15, 0.2) is 0 Å². The fourth-order valence-electron chi connectivity index (χ4n) is 1.52. The second-order valence-electron chi connectivity index (χ2n) is 3.24. The summed E-state index contributed by atoms with van der Waals surface area (Å²) in [6.45, 7) is 0. The Kier molecular flexibility index (Phi) is 2.64. The highest BCUT2D eigenvalue weighted by molar-refractivity contribution is 9.10. The van der Waals surface area contributed by atoms with Gasteiger partial charge in [-0.3, -0.25) is 0 Å². The van der Waals surface area contributed by atoms with Crippen LogP contribution in [0, 0.1) is 0 Å². The Balaban J connectivity index is 2.16. The van der Waals surface area contributed by atoms with E-state index in [9.17, 15) is 0 Å². The van der Waals surface area contributed by atoms with Crippen LogP contribution in [0.4, 0.5) is 0 Å². The number of hydrogen-bond acceptors (Lipinski definition) is 3. The molecule has 0 aromatic heterocycles. The topological polar surface area (TPSA) is 50.1 Å². The third kappa shape index (κ3) is 2.08. The Bertz CT molecular complexity index is 303. The molecule has 1 aliphatic heterocycles. The van der Waals surface area contributed by atoms with Crippen LogP contribution in [0.25, 0.3) is 0 Å². The van der Waals surface area contributed by atoms with Gasteiger partial charge in [-0.1, -0.05) is 28.1 Å². The van der Waals surface area contributed by atoms with Crippen molar-refractivity contribution in [1.29, 1.82) is 0 Å². The second kappa shape index (κ2) is 3.75. The number of nitrogens with one attached hydrogen (secondary N) is 2. The molecule has 0 aliphatic carbocycles. The van der Waals surface area contributed by atoms with E-state index in [-0.39, 0.29) is 6.17 Å². The molecule has 13 heavy (non-hydrogen) atoms. The lowest BCUT2D eigenvalue weighted by Gasteiger charge is -2.09. The minimum Gasteiger partial charge on any atom is -0.315 e. The number of benzene rings is 1. The van der Waals surface area contributed by atoms with Crippen LogP contribution >= 0.6 is 15.9 Å². The Morgan fingerprint density at radius 2 is 2.23 bits per heavy atom. The number of halogens is 1. The molecule has 0 saturated carbocycles. The number of nitrogens with two attached hydrogens (primary N) is 1. The first-order valence-corrected chi connectivity index (χ1v) is 5.07. The monoisotopic (exact) mass is 241 g/mol. The van der Waals surface area contributed by atoms with Gasteiger partial charge in [0.2, 0.25) is 0 Å². The van der Waals surface area contributed by atoms with E-state index >= 15 is 0 Å². The fraction of sp³-hybridized carbons (Fsp3) is 0.333. The van der Waals surface area contributed by atoms with Crippen LogP contribution in [0.5, 0.6) is 0 Å². The van der Waals surface area contributed by atoms with Crippen molar-refractivity contribution in [3.63, 3.8) is 0 Å². The van der Waals surface area contributed by atoms with Crippen LogP contribution in [-0.4, -0.2) is 6.17 Å². The Hall–Kier alpha value is -0.420. The lowest BCUT2D eigenvalue weighted by molar-refractivity contribution is 0.551. The van der Waals surface area contributed by atoms with Crippen molar-refractivity contribution in [3.8, 4) is 0 Å². The quantitative estimate of drug-likeness (QED) is 0.695. The van der Waals surface area contributed by atoms with Crippen LogP contribution in [0.2, 0.25) is 0 Å². The first kappa shape index (κ1) is 9.15. The molecule has 1 heterocycles. The second-order valence-corrected chi connectivity index (χ2v) is 4.15. The van der Waals surface area contributed by atoms with Crippen LogP contribution < -0.4 is 16.6 Å². The van der Waals surface area contributed by atoms with Gasteiger partial charge < -0.3 is 5.73 Å². The van der Waals surface area contributed by atoms with Crippen molar-refractivity contribution in [1.82, 2.24) is 10.9 Å². The molecule has 3 nitrogen and oxygen atoms in total. The molecule has 1 fully saturated rings. The molecule has 1 saturated heterocycles. The average molecular weight is 242 g/mol. The van der Waals surface area contributed by atoms with Crippen LogP contribution in [0.1, 0.15) is 18.0 Å². The van der Waals surface area contributed by atoms with Gasteiger partial charge in [-0.25, -0.2) is 10.9 Å². The van der Waals surface area contributed by atoms with E-state index in [2.05, 4.69) is 38.9 Å².